The number of benzene rings is 1. The van der Waals surface area contributed by atoms with Crippen LogP contribution in [-0.2, 0) is 0 Å². The normalized spacial score (nSPS) is 16.9. The summed E-state index contributed by atoms with van der Waals surface area (Å²) in [6.45, 7) is 3.88. The van der Waals surface area contributed by atoms with Crippen LogP contribution in [0.1, 0.15) is 31.4 Å². The van der Waals surface area contributed by atoms with Crippen molar-refractivity contribution in [2.45, 2.75) is 31.8 Å². The Morgan fingerprint density at radius 3 is 2.72 bits per heavy atom. The molecule has 4 heteroatoms. The Bertz CT molecular complexity index is 407. The van der Waals surface area contributed by atoms with Gasteiger partial charge in [0.2, 0.25) is 0 Å². The molecule has 0 spiro atoms. The summed E-state index contributed by atoms with van der Waals surface area (Å²) in [7, 11) is 1.70. The second kappa shape index (κ2) is 6.04. The Kier molecular flexibility index (Phi) is 4.65. The van der Waals surface area contributed by atoms with Gasteiger partial charge in [0, 0.05) is 23.1 Å². The molecule has 1 aliphatic rings. The van der Waals surface area contributed by atoms with E-state index in [0.29, 0.717) is 12.6 Å². The predicted molar refractivity (Wildman–Crippen MR) is 77.9 cm³/mol. The highest BCUT2D eigenvalue weighted by Gasteiger charge is 2.33. The second-order valence-electron chi connectivity index (χ2n) is 4.70. The molecule has 0 saturated heterocycles. The van der Waals surface area contributed by atoms with E-state index in [-0.39, 0.29) is 6.04 Å². The molecule has 3 nitrogen and oxygen atoms in total. The van der Waals surface area contributed by atoms with E-state index < -0.39 is 0 Å². The van der Waals surface area contributed by atoms with Gasteiger partial charge in [-0.2, -0.15) is 0 Å². The van der Waals surface area contributed by atoms with Crippen LogP contribution >= 0.6 is 15.9 Å². The molecule has 1 aromatic carbocycles. The van der Waals surface area contributed by atoms with Crippen LogP contribution < -0.4 is 10.5 Å². The Balaban J connectivity index is 2.30. The number of nitrogens with two attached hydrogens (primary N) is 1. The van der Waals surface area contributed by atoms with Crippen LogP contribution in [0.2, 0.25) is 0 Å². The van der Waals surface area contributed by atoms with E-state index in [1.54, 1.807) is 7.11 Å². The topological polar surface area (TPSA) is 38.5 Å². The lowest BCUT2D eigenvalue weighted by Gasteiger charge is -2.31. The highest BCUT2D eigenvalue weighted by atomic mass is 79.9. The third kappa shape index (κ3) is 2.87. The van der Waals surface area contributed by atoms with Crippen LogP contribution in [0.4, 0.5) is 0 Å². The zero-order valence-corrected chi connectivity index (χ0v) is 12.6. The lowest BCUT2D eigenvalue weighted by molar-refractivity contribution is 0.201. The maximum absolute atomic E-state index is 6.00. The molecule has 2 rings (SSSR count). The first kappa shape index (κ1) is 13.8. The average Bonchev–Trinajstić information content (AvgIpc) is 3.21. The van der Waals surface area contributed by atoms with Crippen molar-refractivity contribution in [2.75, 3.05) is 20.2 Å². The van der Waals surface area contributed by atoms with Crippen molar-refractivity contribution in [1.82, 2.24) is 4.90 Å². The highest BCUT2D eigenvalue weighted by molar-refractivity contribution is 9.10. The molecule has 1 atom stereocenters. The van der Waals surface area contributed by atoms with Gasteiger partial charge >= 0.3 is 0 Å². The third-order valence-corrected chi connectivity index (χ3v) is 4.29. The Labute approximate surface area is 117 Å². The SMILES string of the molecule is CCN(C1CC1)C(CN)c1cc(OC)ccc1Br. The summed E-state index contributed by atoms with van der Waals surface area (Å²) in [6, 6.07) is 7.08. The molecule has 18 heavy (non-hydrogen) atoms. The molecular formula is C14H21BrN2O. The largest absolute Gasteiger partial charge is 0.497 e. The van der Waals surface area contributed by atoms with Crippen LogP contribution in [0.3, 0.4) is 0 Å². The number of rotatable bonds is 6. The highest BCUT2D eigenvalue weighted by Crippen LogP contribution is 2.37. The van der Waals surface area contributed by atoms with Crippen molar-refractivity contribution in [3.05, 3.63) is 28.2 Å². The summed E-state index contributed by atoms with van der Waals surface area (Å²) >= 11 is 3.63. The van der Waals surface area contributed by atoms with Gasteiger partial charge in [-0.05, 0) is 43.1 Å². The number of likely N-dealkylation sites (N-methyl/N-ethyl adjacent to an activating group) is 1. The quantitative estimate of drug-likeness (QED) is 0.877. The minimum absolute atomic E-state index is 0.270. The first-order valence-corrected chi connectivity index (χ1v) is 7.29. The van der Waals surface area contributed by atoms with E-state index >= 15 is 0 Å². The summed E-state index contributed by atoms with van der Waals surface area (Å²) in [5.41, 5.74) is 7.23. The van der Waals surface area contributed by atoms with Crippen molar-refractivity contribution in [1.29, 1.82) is 0 Å². The van der Waals surface area contributed by atoms with Crippen LogP contribution in [0.25, 0.3) is 0 Å². The lowest BCUT2D eigenvalue weighted by Crippen LogP contribution is -2.35. The van der Waals surface area contributed by atoms with Crippen LogP contribution in [0, 0.1) is 0 Å². The van der Waals surface area contributed by atoms with E-state index in [2.05, 4.69) is 33.8 Å². The van der Waals surface area contributed by atoms with Crippen LogP contribution in [-0.4, -0.2) is 31.1 Å². The lowest BCUT2D eigenvalue weighted by atomic mass is 10.0. The monoisotopic (exact) mass is 312 g/mol. The maximum atomic E-state index is 6.00. The molecule has 0 radical (unpaired) electrons. The molecule has 1 aliphatic carbocycles. The molecule has 2 N–H and O–H groups in total. The van der Waals surface area contributed by atoms with E-state index in [1.165, 1.54) is 18.4 Å². The molecule has 0 aromatic heterocycles. The zero-order chi connectivity index (χ0) is 13.1. The van der Waals surface area contributed by atoms with Gasteiger partial charge in [0.15, 0.2) is 0 Å². The summed E-state index contributed by atoms with van der Waals surface area (Å²) in [5.74, 6) is 0.888. The summed E-state index contributed by atoms with van der Waals surface area (Å²) in [4.78, 5) is 2.50. The predicted octanol–water partition coefficient (Wildman–Crippen LogP) is 2.94. The fourth-order valence-corrected chi connectivity index (χ4v) is 3.00. The van der Waals surface area contributed by atoms with Gasteiger partial charge in [-0.25, -0.2) is 0 Å². The van der Waals surface area contributed by atoms with Gasteiger partial charge < -0.3 is 10.5 Å². The smallest absolute Gasteiger partial charge is 0.119 e. The summed E-state index contributed by atoms with van der Waals surface area (Å²) in [5, 5.41) is 0. The molecule has 1 fully saturated rings. The number of hydrogen-bond acceptors (Lipinski definition) is 3. The minimum atomic E-state index is 0.270. The Morgan fingerprint density at radius 1 is 1.50 bits per heavy atom. The van der Waals surface area contributed by atoms with Gasteiger partial charge in [-0.3, -0.25) is 4.90 Å². The van der Waals surface area contributed by atoms with Crippen LogP contribution in [0.15, 0.2) is 22.7 Å². The number of methoxy groups -OCH3 is 1. The third-order valence-electron chi connectivity index (χ3n) is 3.57. The van der Waals surface area contributed by atoms with E-state index in [0.717, 1.165) is 16.8 Å². The Hall–Kier alpha value is -0.580. The van der Waals surface area contributed by atoms with Crippen molar-refractivity contribution >= 4 is 15.9 Å². The molecule has 0 aliphatic heterocycles. The standard InChI is InChI=1S/C14H21BrN2O/c1-3-17(10-4-5-10)14(9-16)12-8-11(18-2)6-7-13(12)15/h6-8,10,14H,3-5,9,16H2,1-2H3. The first-order valence-electron chi connectivity index (χ1n) is 6.50. The van der Waals surface area contributed by atoms with Gasteiger partial charge in [-0.1, -0.05) is 22.9 Å². The fraction of sp³-hybridized carbons (Fsp3) is 0.571. The van der Waals surface area contributed by atoms with Crippen molar-refractivity contribution in [3.8, 4) is 5.75 Å². The molecule has 0 amide bonds. The Morgan fingerprint density at radius 2 is 2.22 bits per heavy atom. The molecule has 1 saturated carbocycles. The molecule has 100 valence electrons. The molecule has 0 heterocycles. The fourth-order valence-electron chi connectivity index (χ4n) is 2.48. The van der Waals surface area contributed by atoms with Gasteiger partial charge in [0.05, 0.1) is 7.11 Å². The number of nitrogens with zero attached hydrogens (tertiary/aromatic N) is 1. The summed E-state index contributed by atoms with van der Waals surface area (Å²) < 4.78 is 6.42. The van der Waals surface area contributed by atoms with E-state index in [9.17, 15) is 0 Å². The maximum Gasteiger partial charge on any atom is 0.119 e. The van der Waals surface area contributed by atoms with Crippen LogP contribution in [0.5, 0.6) is 5.75 Å². The molecule has 0 bridgehead atoms. The first-order chi connectivity index (χ1) is 8.71. The summed E-state index contributed by atoms with van der Waals surface area (Å²) in [6.07, 6.45) is 2.60. The molecular weight excluding hydrogens is 292 g/mol. The van der Waals surface area contributed by atoms with Crippen molar-refractivity contribution < 1.29 is 4.74 Å². The van der Waals surface area contributed by atoms with Gasteiger partial charge in [-0.15, -0.1) is 0 Å². The number of halogens is 1. The van der Waals surface area contributed by atoms with Crippen molar-refractivity contribution in [3.63, 3.8) is 0 Å². The number of ether oxygens (including phenoxy) is 1. The molecule has 1 unspecified atom stereocenters. The van der Waals surface area contributed by atoms with Gasteiger partial charge in [0.25, 0.3) is 0 Å². The number of hydrogen-bond donors (Lipinski definition) is 1. The molecule has 1 aromatic rings. The van der Waals surface area contributed by atoms with E-state index in [1.807, 2.05) is 12.1 Å². The van der Waals surface area contributed by atoms with Crippen molar-refractivity contribution in [2.24, 2.45) is 5.73 Å². The van der Waals surface area contributed by atoms with Gasteiger partial charge in [0.1, 0.15) is 5.75 Å². The second-order valence-corrected chi connectivity index (χ2v) is 5.55. The zero-order valence-electron chi connectivity index (χ0n) is 11.0. The minimum Gasteiger partial charge on any atom is -0.497 e. The average molecular weight is 313 g/mol. The van der Waals surface area contributed by atoms with E-state index in [4.69, 9.17) is 10.5 Å².